The summed E-state index contributed by atoms with van der Waals surface area (Å²) < 4.78 is 2.41. The van der Waals surface area contributed by atoms with Gasteiger partial charge in [0.25, 0.3) is 0 Å². The normalized spacial score (nSPS) is 19.2. The molecule has 2 aromatic rings. The van der Waals surface area contributed by atoms with Gasteiger partial charge in [0.2, 0.25) is 0 Å². The first-order chi connectivity index (χ1) is 8.75. The maximum atomic E-state index is 6.12. The Morgan fingerprint density at radius 1 is 1.17 bits per heavy atom. The Labute approximate surface area is 114 Å². The molecule has 0 bridgehead atoms. The number of benzene rings is 1. The lowest BCUT2D eigenvalue weighted by Gasteiger charge is -2.29. The van der Waals surface area contributed by atoms with Crippen molar-refractivity contribution in [2.24, 2.45) is 5.92 Å². The molecule has 1 fully saturated rings. The molecule has 1 aromatic carbocycles. The maximum Gasteiger partial charge on any atom is 0.0497 e. The minimum Gasteiger partial charge on any atom is -0.344 e. The molecule has 1 saturated carbocycles. The SMILES string of the molecule is CC(C1CCCCC1)n1ccc2ccc(Cl)cc21. The summed E-state index contributed by atoms with van der Waals surface area (Å²) in [5.41, 5.74) is 1.28. The summed E-state index contributed by atoms with van der Waals surface area (Å²) in [6, 6.07) is 8.96. The summed E-state index contributed by atoms with van der Waals surface area (Å²) in [7, 11) is 0. The molecule has 1 heterocycles. The zero-order chi connectivity index (χ0) is 12.5. The van der Waals surface area contributed by atoms with Crippen LogP contribution in [0.1, 0.15) is 45.1 Å². The second-order valence-electron chi connectivity index (χ2n) is 5.56. The molecular weight excluding hydrogens is 242 g/mol. The Hall–Kier alpha value is -0.950. The summed E-state index contributed by atoms with van der Waals surface area (Å²) in [6.45, 7) is 2.36. The summed E-state index contributed by atoms with van der Waals surface area (Å²) in [5.74, 6) is 0.827. The van der Waals surface area contributed by atoms with Crippen molar-refractivity contribution in [2.75, 3.05) is 0 Å². The number of aromatic nitrogens is 1. The van der Waals surface area contributed by atoms with Crippen molar-refractivity contribution in [3.05, 3.63) is 35.5 Å². The van der Waals surface area contributed by atoms with E-state index >= 15 is 0 Å². The molecule has 0 aliphatic heterocycles. The predicted octanol–water partition coefficient (Wildman–Crippen LogP) is 5.44. The van der Waals surface area contributed by atoms with Crippen molar-refractivity contribution in [3.63, 3.8) is 0 Å². The van der Waals surface area contributed by atoms with Crippen LogP contribution in [-0.4, -0.2) is 4.57 Å². The summed E-state index contributed by atoms with van der Waals surface area (Å²) in [4.78, 5) is 0. The van der Waals surface area contributed by atoms with Crippen LogP contribution in [0.5, 0.6) is 0 Å². The first-order valence-electron chi connectivity index (χ1n) is 7.02. The van der Waals surface area contributed by atoms with Crippen molar-refractivity contribution in [2.45, 2.75) is 45.1 Å². The van der Waals surface area contributed by atoms with Gasteiger partial charge in [-0.05, 0) is 49.3 Å². The van der Waals surface area contributed by atoms with E-state index in [1.54, 1.807) is 0 Å². The first-order valence-corrected chi connectivity index (χ1v) is 7.39. The smallest absolute Gasteiger partial charge is 0.0497 e. The number of rotatable bonds is 2. The van der Waals surface area contributed by atoms with Crippen LogP contribution < -0.4 is 0 Å². The van der Waals surface area contributed by atoms with Crippen molar-refractivity contribution in [1.29, 1.82) is 0 Å². The molecule has 0 saturated heterocycles. The van der Waals surface area contributed by atoms with Gasteiger partial charge in [-0.25, -0.2) is 0 Å². The fraction of sp³-hybridized carbons (Fsp3) is 0.500. The van der Waals surface area contributed by atoms with E-state index in [1.165, 1.54) is 43.0 Å². The Kier molecular flexibility index (Phi) is 3.34. The van der Waals surface area contributed by atoms with Gasteiger partial charge in [-0.3, -0.25) is 0 Å². The number of hydrogen-bond acceptors (Lipinski definition) is 0. The standard InChI is InChI=1S/C16H20ClN/c1-12(13-5-3-2-4-6-13)18-10-9-14-7-8-15(17)11-16(14)18/h7-13H,2-6H2,1H3. The molecular formula is C16H20ClN. The third-order valence-corrected chi connectivity index (χ3v) is 4.69. The quantitative estimate of drug-likeness (QED) is 0.679. The van der Waals surface area contributed by atoms with Gasteiger partial charge >= 0.3 is 0 Å². The molecule has 0 radical (unpaired) electrons. The van der Waals surface area contributed by atoms with E-state index in [0.717, 1.165) is 10.9 Å². The lowest BCUT2D eigenvalue weighted by atomic mass is 9.84. The molecule has 2 heteroatoms. The van der Waals surface area contributed by atoms with Gasteiger partial charge in [0.1, 0.15) is 0 Å². The average Bonchev–Trinajstić information content (AvgIpc) is 2.82. The van der Waals surface area contributed by atoms with Crippen LogP contribution in [0, 0.1) is 5.92 Å². The second kappa shape index (κ2) is 4.97. The number of fused-ring (bicyclic) bond motifs is 1. The largest absolute Gasteiger partial charge is 0.344 e. The molecule has 0 N–H and O–H groups in total. The van der Waals surface area contributed by atoms with Crippen LogP contribution in [0.3, 0.4) is 0 Å². The monoisotopic (exact) mass is 261 g/mol. The molecule has 1 aliphatic carbocycles. The minimum absolute atomic E-state index is 0.585. The van der Waals surface area contributed by atoms with Crippen molar-refractivity contribution >= 4 is 22.5 Å². The Balaban J connectivity index is 1.95. The molecule has 0 spiro atoms. The van der Waals surface area contributed by atoms with Gasteiger partial charge in [-0.2, -0.15) is 0 Å². The predicted molar refractivity (Wildman–Crippen MR) is 78.2 cm³/mol. The molecule has 3 rings (SSSR count). The van der Waals surface area contributed by atoms with E-state index in [1.807, 2.05) is 6.07 Å². The Morgan fingerprint density at radius 3 is 2.72 bits per heavy atom. The summed E-state index contributed by atoms with van der Waals surface area (Å²) in [5, 5.41) is 2.13. The highest BCUT2D eigenvalue weighted by atomic mass is 35.5. The van der Waals surface area contributed by atoms with Crippen LogP contribution in [-0.2, 0) is 0 Å². The summed E-state index contributed by atoms with van der Waals surface area (Å²) >= 11 is 6.12. The van der Waals surface area contributed by atoms with Crippen LogP contribution in [0.4, 0.5) is 0 Å². The fourth-order valence-electron chi connectivity index (χ4n) is 3.32. The Morgan fingerprint density at radius 2 is 1.94 bits per heavy atom. The van der Waals surface area contributed by atoms with Crippen molar-refractivity contribution in [1.82, 2.24) is 4.57 Å². The molecule has 18 heavy (non-hydrogen) atoms. The van der Waals surface area contributed by atoms with E-state index in [0.29, 0.717) is 6.04 Å². The molecule has 96 valence electrons. The third kappa shape index (κ3) is 2.16. The Bertz CT molecular complexity index is 537. The van der Waals surface area contributed by atoms with Gasteiger partial charge in [0, 0.05) is 22.8 Å². The van der Waals surface area contributed by atoms with Gasteiger partial charge in [0.15, 0.2) is 0 Å². The highest BCUT2D eigenvalue weighted by molar-refractivity contribution is 6.31. The van der Waals surface area contributed by atoms with Crippen molar-refractivity contribution < 1.29 is 0 Å². The van der Waals surface area contributed by atoms with Crippen molar-refractivity contribution in [3.8, 4) is 0 Å². The lowest BCUT2D eigenvalue weighted by molar-refractivity contribution is 0.268. The third-order valence-electron chi connectivity index (χ3n) is 4.46. The fourth-order valence-corrected chi connectivity index (χ4v) is 3.49. The molecule has 1 aliphatic rings. The highest BCUT2D eigenvalue weighted by Gasteiger charge is 2.21. The van der Waals surface area contributed by atoms with E-state index < -0.39 is 0 Å². The lowest BCUT2D eigenvalue weighted by Crippen LogP contribution is -2.18. The van der Waals surface area contributed by atoms with E-state index in [4.69, 9.17) is 11.6 Å². The molecule has 1 unspecified atom stereocenters. The van der Waals surface area contributed by atoms with Gasteiger partial charge < -0.3 is 4.57 Å². The molecule has 1 nitrogen and oxygen atoms in total. The van der Waals surface area contributed by atoms with Crippen LogP contribution in [0.15, 0.2) is 30.5 Å². The molecule has 1 atom stereocenters. The zero-order valence-corrected chi connectivity index (χ0v) is 11.7. The second-order valence-corrected chi connectivity index (χ2v) is 6.00. The minimum atomic E-state index is 0.585. The van der Waals surface area contributed by atoms with Gasteiger partial charge in [-0.1, -0.05) is 36.9 Å². The number of nitrogens with zero attached hydrogens (tertiary/aromatic N) is 1. The topological polar surface area (TPSA) is 4.93 Å². The van der Waals surface area contributed by atoms with E-state index in [2.05, 4.69) is 35.9 Å². The average molecular weight is 262 g/mol. The highest BCUT2D eigenvalue weighted by Crippen LogP contribution is 2.35. The number of hydrogen-bond donors (Lipinski definition) is 0. The first kappa shape index (κ1) is 12.1. The zero-order valence-electron chi connectivity index (χ0n) is 10.9. The van der Waals surface area contributed by atoms with Crippen LogP contribution in [0.2, 0.25) is 5.02 Å². The summed E-state index contributed by atoms with van der Waals surface area (Å²) in [6.07, 6.45) is 9.19. The van der Waals surface area contributed by atoms with Gasteiger partial charge in [-0.15, -0.1) is 0 Å². The van der Waals surface area contributed by atoms with E-state index in [9.17, 15) is 0 Å². The van der Waals surface area contributed by atoms with E-state index in [-0.39, 0.29) is 0 Å². The van der Waals surface area contributed by atoms with Crippen LogP contribution >= 0.6 is 11.6 Å². The van der Waals surface area contributed by atoms with Crippen LogP contribution in [0.25, 0.3) is 10.9 Å². The van der Waals surface area contributed by atoms with Gasteiger partial charge in [0.05, 0.1) is 0 Å². The molecule has 1 aromatic heterocycles. The maximum absolute atomic E-state index is 6.12. The number of halogens is 1. The molecule has 0 amide bonds.